The van der Waals surface area contributed by atoms with Gasteiger partial charge in [0.05, 0.1) is 4.92 Å². The number of nitro benzene ring substituents is 1. The van der Waals surface area contributed by atoms with Crippen LogP contribution in [0.1, 0.15) is 22.3 Å². The van der Waals surface area contributed by atoms with Gasteiger partial charge in [-0.15, -0.1) is 0 Å². The average Bonchev–Trinajstić information content (AvgIpc) is 3.05. The van der Waals surface area contributed by atoms with Gasteiger partial charge in [0.2, 0.25) is 6.79 Å². The first-order valence-electron chi connectivity index (χ1n) is 9.25. The molecule has 28 heavy (non-hydrogen) atoms. The molecule has 0 spiro atoms. The van der Waals surface area contributed by atoms with E-state index in [1.807, 2.05) is 11.0 Å². The van der Waals surface area contributed by atoms with Crippen molar-refractivity contribution in [1.29, 1.82) is 0 Å². The van der Waals surface area contributed by atoms with Gasteiger partial charge in [-0.3, -0.25) is 19.8 Å². The number of carbonyl (C=O) groups excluding carboxylic acids is 1. The molecule has 2 heterocycles. The molecule has 8 nitrogen and oxygen atoms in total. The number of amides is 1. The SMILES string of the molecule is O=C(c1ccc2c(c1)OCO2)N1CCCN(Cc2cccc([N+](=O)[O-])c2)CC1. The summed E-state index contributed by atoms with van der Waals surface area (Å²) in [5.41, 5.74) is 1.60. The van der Waals surface area contributed by atoms with Crippen molar-refractivity contribution >= 4 is 11.6 Å². The summed E-state index contributed by atoms with van der Waals surface area (Å²) in [5.74, 6) is 1.25. The van der Waals surface area contributed by atoms with Crippen LogP contribution < -0.4 is 9.47 Å². The molecule has 0 saturated carbocycles. The summed E-state index contributed by atoms with van der Waals surface area (Å²) < 4.78 is 10.7. The van der Waals surface area contributed by atoms with Crippen LogP contribution in [-0.2, 0) is 6.54 Å². The summed E-state index contributed by atoms with van der Waals surface area (Å²) in [4.78, 5) is 27.5. The maximum atomic E-state index is 12.9. The van der Waals surface area contributed by atoms with E-state index in [4.69, 9.17) is 9.47 Å². The zero-order valence-electron chi connectivity index (χ0n) is 15.4. The van der Waals surface area contributed by atoms with Crippen molar-refractivity contribution in [1.82, 2.24) is 9.80 Å². The Morgan fingerprint density at radius 3 is 2.75 bits per heavy atom. The predicted octanol–water partition coefficient (Wildman–Crippen LogP) is 2.67. The Labute approximate surface area is 162 Å². The minimum Gasteiger partial charge on any atom is -0.454 e. The molecule has 0 aliphatic carbocycles. The van der Waals surface area contributed by atoms with Crippen LogP contribution in [-0.4, -0.2) is 53.6 Å². The van der Waals surface area contributed by atoms with Crippen molar-refractivity contribution in [3.05, 3.63) is 63.7 Å². The number of hydrogen-bond donors (Lipinski definition) is 0. The highest BCUT2D eigenvalue weighted by atomic mass is 16.7. The molecule has 2 aliphatic rings. The Balaban J connectivity index is 1.39. The lowest BCUT2D eigenvalue weighted by atomic mass is 10.1. The van der Waals surface area contributed by atoms with Gasteiger partial charge < -0.3 is 14.4 Å². The fraction of sp³-hybridized carbons (Fsp3) is 0.350. The molecule has 0 unspecified atom stereocenters. The molecular weight excluding hydrogens is 362 g/mol. The zero-order valence-corrected chi connectivity index (χ0v) is 15.4. The lowest BCUT2D eigenvalue weighted by molar-refractivity contribution is -0.384. The lowest BCUT2D eigenvalue weighted by Crippen LogP contribution is -2.35. The third kappa shape index (κ3) is 3.91. The minimum atomic E-state index is -0.377. The van der Waals surface area contributed by atoms with E-state index in [0.717, 1.165) is 25.1 Å². The average molecular weight is 383 g/mol. The van der Waals surface area contributed by atoms with E-state index in [1.54, 1.807) is 30.3 Å². The number of nitro groups is 1. The Morgan fingerprint density at radius 2 is 1.89 bits per heavy atom. The van der Waals surface area contributed by atoms with E-state index in [2.05, 4.69) is 4.90 Å². The summed E-state index contributed by atoms with van der Waals surface area (Å²) in [5, 5.41) is 11.0. The fourth-order valence-corrected chi connectivity index (χ4v) is 3.57. The highest BCUT2D eigenvalue weighted by molar-refractivity contribution is 5.95. The Morgan fingerprint density at radius 1 is 1.04 bits per heavy atom. The smallest absolute Gasteiger partial charge is 0.269 e. The van der Waals surface area contributed by atoms with Crippen LogP contribution >= 0.6 is 0 Å². The Bertz CT molecular complexity index is 901. The number of ether oxygens (including phenoxy) is 2. The molecule has 0 bridgehead atoms. The highest BCUT2D eigenvalue weighted by Gasteiger charge is 2.23. The minimum absolute atomic E-state index is 0.0181. The van der Waals surface area contributed by atoms with Gasteiger partial charge in [0.15, 0.2) is 11.5 Å². The number of benzene rings is 2. The van der Waals surface area contributed by atoms with Crippen molar-refractivity contribution in [2.24, 2.45) is 0 Å². The number of rotatable bonds is 4. The molecule has 2 aromatic rings. The summed E-state index contributed by atoms with van der Waals surface area (Å²) in [6.07, 6.45) is 0.852. The van der Waals surface area contributed by atoms with Crippen molar-refractivity contribution in [2.45, 2.75) is 13.0 Å². The van der Waals surface area contributed by atoms with Gasteiger partial charge in [-0.1, -0.05) is 12.1 Å². The van der Waals surface area contributed by atoms with Crippen LogP contribution in [0.15, 0.2) is 42.5 Å². The quantitative estimate of drug-likeness (QED) is 0.596. The number of fused-ring (bicyclic) bond motifs is 1. The van der Waals surface area contributed by atoms with Gasteiger partial charge in [-0.25, -0.2) is 0 Å². The lowest BCUT2D eigenvalue weighted by Gasteiger charge is -2.22. The number of hydrogen-bond acceptors (Lipinski definition) is 6. The fourth-order valence-electron chi connectivity index (χ4n) is 3.57. The van der Waals surface area contributed by atoms with Gasteiger partial charge in [0.25, 0.3) is 11.6 Å². The second-order valence-corrected chi connectivity index (χ2v) is 6.92. The summed E-state index contributed by atoms with van der Waals surface area (Å²) in [6.45, 7) is 3.67. The topological polar surface area (TPSA) is 85.2 Å². The summed E-state index contributed by atoms with van der Waals surface area (Å²) >= 11 is 0. The molecule has 0 N–H and O–H groups in total. The third-order valence-electron chi connectivity index (χ3n) is 5.02. The van der Waals surface area contributed by atoms with Crippen molar-refractivity contribution in [2.75, 3.05) is 33.0 Å². The van der Waals surface area contributed by atoms with Crippen molar-refractivity contribution < 1.29 is 19.2 Å². The molecule has 4 rings (SSSR count). The maximum Gasteiger partial charge on any atom is 0.269 e. The van der Waals surface area contributed by atoms with Crippen LogP contribution in [0.25, 0.3) is 0 Å². The van der Waals surface area contributed by atoms with E-state index in [1.165, 1.54) is 6.07 Å². The van der Waals surface area contributed by atoms with Crippen LogP contribution in [0.5, 0.6) is 11.5 Å². The van der Waals surface area contributed by atoms with Crippen LogP contribution in [0.2, 0.25) is 0 Å². The first-order valence-corrected chi connectivity index (χ1v) is 9.25. The molecule has 1 saturated heterocycles. The van der Waals surface area contributed by atoms with Crippen molar-refractivity contribution in [3.8, 4) is 11.5 Å². The standard InChI is InChI=1S/C20H21N3O5/c24-20(16-5-6-18-19(12-16)28-14-27-18)22-8-2-7-21(9-10-22)13-15-3-1-4-17(11-15)23(25)26/h1,3-6,11-12H,2,7-10,13-14H2. The molecule has 0 radical (unpaired) electrons. The zero-order chi connectivity index (χ0) is 19.5. The second kappa shape index (κ2) is 7.85. The monoisotopic (exact) mass is 383 g/mol. The van der Waals surface area contributed by atoms with E-state index in [-0.39, 0.29) is 23.3 Å². The van der Waals surface area contributed by atoms with Crippen LogP contribution in [0.4, 0.5) is 5.69 Å². The molecule has 1 fully saturated rings. The molecule has 1 amide bonds. The first kappa shape index (κ1) is 18.2. The molecule has 8 heteroatoms. The molecule has 2 aromatic carbocycles. The van der Waals surface area contributed by atoms with Gasteiger partial charge in [-0.2, -0.15) is 0 Å². The van der Waals surface area contributed by atoms with E-state index >= 15 is 0 Å². The Hall–Kier alpha value is -3.13. The number of nitrogens with zero attached hydrogens (tertiary/aromatic N) is 3. The molecule has 146 valence electrons. The normalized spacial score (nSPS) is 16.6. The highest BCUT2D eigenvalue weighted by Crippen LogP contribution is 2.32. The molecular formula is C20H21N3O5. The van der Waals surface area contributed by atoms with E-state index in [9.17, 15) is 14.9 Å². The van der Waals surface area contributed by atoms with Crippen LogP contribution in [0.3, 0.4) is 0 Å². The van der Waals surface area contributed by atoms with Gasteiger partial charge >= 0.3 is 0 Å². The third-order valence-corrected chi connectivity index (χ3v) is 5.02. The number of carbonyl (C=O) groups is 1. The van der Waals surface area contributed by atoms with E-state index in [0.29, 0.717) is 36.7 Å². The molecule has 2 aliphatic heterocycles. The largest absolute Gasteiger partial charge is 0.454 e. The van der Waals surface area contributed by atoms with Gasteiger partial charge in [-0.05, 0) is 30.2 Å². The van der Waals surface area contributed by atoms with E-state index < -0.39 is 0 Å². The Kier molecular flexibility index (Phi) is 5.12. The predicted molar refractivity (Wildman–Crippen MR) is 101 cm³/mol. The summed E-state index contributed by atoms with van der Waals surface area (Å²) in [6, 6.07) is 12.0. The summed E-state index contributed by atoms with van der Waals surface area (Å²) in [7, 11) is 0. The molecule has 0 atom stereocenters. The maximum absolute atomic E-state index is 12.9. The first-order chi connectivity index (χ1) is 13.6. The molecule has 0 aromatic heterocycles. The van der Waals surface area contributed by atoms with Gasteiger partial charge in [0, 0.05) is 50.4 Å². The van der Waals surface area contributed by atoms with Gasteiger partial charge in [0.1, 0.15) is 0 Å². The number of non-ortho nitro benzene ring substituents is 1. The second-order valence-electron chi connectivity index (χ2n) is 6.92. The van der Waals surface area contributed by atoms with Crippen LogP contribution in [0, 0.1) is 10.1 Å². The van der Waals surface area contributed by atoms with Crippen molar-refractivity contribution in [3.63, 3.8) is 0 Å².